The van der Waals surface area contributed by atoms with Gasteiger partial charge in [-0.15, -0.1) is 0 Å². The lowest BCUT2D eigenvalue weighted by Gasteiger charge is -2.11. The van der Waals surface area contributed by atoms with E-state index in [0.29, 0.717) is 12.5 Å². The average Bonchev–Trinajstić information content (AvgIpc) is 2.72. The van der Waals surface area contributed by atoms with Gasteiger partial charge in [0.1, 0.15) is 11.6 Å². The Morgan fingerprint density at radius 2 is 2.28 bits per heavy atom. The van der Waals surface area contributed by atoms with Crippen LogP contribution in [0.2, 0.25) is 0 Å². The monoisotopic (exact) mass is 251 g/mol. The van der Waals surface area contributed by atoms with Crippen LogP contribution < -0.4 is 5.32 Å². The van der Waals surface area contributed by atoms with Gasteiger partial charge in [-0.05, 0) is 36.8 Å². The maximum atomic E-state index is 12.8. The summed E-state index contributed by atoms with van der Waals surface area (Å²) in [6.45, 7) is 2.84. The average molecular weight is 251 g/mol. The maximum Gasteiger partial charge on any atom is 0.255 e. The van der Waals surface area contributed by atoms with E-state index in [-0.39, 0.29) is 17.2 Å². The first-order valence-corrected chi connectivity index (χ1v) is 6.33. The molecule has 4 heteroatoms. The van der Waals surface area contributed by atoms with E-state index in [2.05, 4.69) is 12.2 Å². The van der Waals surface area contributed by atoms with E-state index in [1.54, 1.807) is 0 Å². The Morgan fingerprint density at radius 3 is 2.89 bits per heavy atom. The number of phenols is 1. The summed E-state index contributed by atoms with van der Waals surface area (Å²) in [7, 11) is 0. The molecule has 1 amide bonds. The first kappa shape index (κ1) is 12.9. The molecule has 2 rings (SSSR count). The van der Waals surface area contributed by atoms with Crippen molar-refractivity contribution in [1.29, 1.82) is 0 Å². The highest BCUT2D eigenvalue weighted by molar-refractivity contribution is 5.96. The van der Waals surface area contributed by atoms with Gasteiger partial charge in [-0.3, -0.25) is 4.79 Å². The van der Waals surface area contributed by atoms with E-state index in [1.807, 2.05) is 0 Å². The number of carbonyl (C=O) groups excluding carboxylic acids is 1. The predicted octanol–water partition coefficient (Wildman–Crippen LogP) is 2.70. The zero-order valence-corrected chi connectivity index (χ0v) is 10.4. The number of amides is 1. The van der Waals surface area contributed by atoms with Crippen LogP contribution in [0.25, 0.3) is 0 Å². The second-order valence-corrected chi connectivity index (χ2v) is 5.16. The molecule has 98 valence electrons. The van der Waals surface area contributed by atoms with Crippen molar-refractivity contribution < 1.29 is 14.3 Å². The Morgan fingerprint density at radius 1 is 1.50 bits per heavy atom. The molecule has 1 fully saturated rings. The number of rotatable bonds is 3. The standard InChI is InChI=1S/C14H18FNO2/c1-9-2-3-10(6-9)8-16-14(18)12-5-4-11(15)7-13(12)17/h4-5,7,9-10,17H,2-3,6,8H2,1H3,(H,16,18). The number of benzene rings is 1. The van der Waals surface area contributed by atoms with E-state index in [9.17, 15) is 14.3 Å². The highest BCUT2D eigenvalue weighted by atomic mass is 19.1. The lowest BCUT2D eigenvalue weighted by molar-refractivity contribution is 0.0944. The smallest absolute Gasteiger partial charge is 0.255 e. The van der Waals surface area contributed by atoms with Crippen molar-refractivity contribution in [3.05, 3.63) is 29.6 Å². The Bertz CT molecular complexity index is 447. The van der Waals surface area contributed by atoms with Crippen LogP contribution in [0.3, 0.4) is 0 Å². The number of nitrogens with one attached hydrogen (secondary N) is 1. The van der Waals surface area contributed by atoms with E-state index in [1.165, 1.54) is 18.6 Å². The van der Waals surface area contributed by atoms with Gasteiger partial charge in [-0.1, -0.05) is 13.3 Å². The molecule has 0 heterocycles. The molecule has 2 atom stereocenters. The molecule has 18 heavy (non-hydrogen) atoms. The van der Waals surface area contributed by atoms with Crippen molar-refractivity contribution in [2.24, 2.45) is 11.8 Å². The Labute approximate surface area is 106 Å². The summed E-state index contributed by atoms with van der Waals surface area (Å²) in [5, 5.41) is 12.3. The molecule has 0 aromatic heterocycles. The minimum atomic E-state index is -0.548. The van der Waals surface area contributed by atoms with Crippen molar-refractivity contribution in [3.63, 3.8) is 0 Å². The highest BCUT2D eigenvalue weighted by Crippen LogP contribution is 2.29. The second-order valence-electron chi connectivity index (χ2n) is 5.16. The molecule has 0 aliphatic heterocycles. The van der Waals surface area contributed by atoms with Crippen LogP contribution in [0.15, 0.2) is 18.2 Å². The third-order valence-electron chi connectivity index (χ3n) is 3.56. The number of carbonyl (C=O) groups is 1. The van der Waals surface area contributed by atoms with Gasteiger partial charge < -0.3 is 10.4 Å². The Kier molecular flexibility index (Phi) is 3.84. The van der Waals surface area contributed by atoms with Crippen molar-refractivity contribution in [1.82, 2.24) is 5.32 Å². The summed E-state index contributed by atoms with van der Waals surface area (Å²) in [6, 6.07) is 3.43. The van der Waals surface area contributed by atoms with Crippen LogP contribution in [0, 0.1) is 17.7 Å². The summed E-state index contributed by atoms with van der Waals surface area (Å²) in [5.41, 5.74) is 0.127. The molecule has 0 bridgehead atoms. The molecule has 1 aliphatic rings. The molecule has 0 radical (unpaired) electrons. The fourth-order valence-corrected chi connectivity index (χ4v) is 2.54. The minimum absolute atomic E-state index is 0.127. The topological polar surface area (TPSA) is 49.3 Å². The van der Waals surface area contributed by atoms with Gasteiger partial charge in [0.15, 0.2) is 0 Å². The van der Waals surface area contributed by atoms with Gasteiger partial charge in [0.05, 0.1) is 5.56 Å². The van der Waals surface area contributed by atoms with Gasteiger partial charge in [0, 0.05) is 12.6 Å². The van der Waals surface area contributed by atoms with Crippen LogP contribution in [0.5, 0.6) is 5.75 Å². The molecular weight excluding hydrogens is 233 g/mol. The third kappa shape index (κ3) is 3.00. The molecule has 2 N–H and O–H groups in total. The maximum absolute atomic E-state index is 12.8. The molecular formula is C14H18FNO2. The fraction of sp³-hybridized carbons (Fsp3) is 0.500. The van der Waals surface area contributed by atoms with Crippen molar-refractivity contribution in [2.45, 2.75) is 26.2 Å². The quantitative estimate of drug-likeness (QED) is 0.867. The van der Waals surface area contributed by atoms with Gasteiger partial charge in [-0.25, -0.2) is 4.39 Å². The lowest BCUT2D eigenvalue weighted by atomic mass is 10.1. The number of halogens is 1. The summed E-state index contributed by atoms with van der Waals surface area (Å²) >= 11 is 0. The highest BCUT2D eigenvalue weighted by Gasteiger charge is 2.22. The summed E-state index contributed by atoms with van der Waals surface area (Å²) < 4.78 is 12.8. The zero-order valence-electron chi connectivity index (χ0n) is 10.4. The van der Waals surface area contributed by atoms with Gasteiger partial charge in [0.25, 0.3) is 5.91 Å². The van der Waals surface area contributed by atoms with Crippen molar-refractivity contribution >= 4 is 5.91 Å². The van der Waals surface area contributed by atoms with Crippen LogP contribution >= 0.6 is 0 Å². The summed E-state index contributed by atoms with van der Waals surface area (Å²) in [6.07, 6.45) is 3.48. The zero-order chi connectivity index (χ0) is 13.1. The normalized spacial score (nSPS) is 23.0. The Balaban J connectivity index is 1.91. The van der Waals surface area contributed by atoms with Gasteiger partial charge in [-0.2, -0.15) is 0 Å². The summed E-state index contributed by atoms with van der Waals surface area (Å²) in [4.78, 5) is 11.8. The number of hydrogen-bond acceptors (Lipinski definition) is 2. The number of hydrogen-bond donors (Lipinski definition) is 2. The van der Waals surface area contributed by atoms with Gasteiger partial charge in [0.2, 0.25) is 0 Å². The lowest BCUT2D eigenvalue weighted by Crippen LogP contribution is -2.28. The van der Waals surface area contributed by atoms with Crippen molar-refractivity contribution in [3.8, 4) is 5.75 Å². The van der Waals surface area contributed by atoms with E-state index < -0.39 is 5.82 Å². The molecule has 3 nitrogen and oxygen atoms in total. The van der Waals surface area contributed by atoms with Gasteiger partial charge >= 0.3 is 0 Å². The predicted molar refractivity (Wildman–Crippen MR) is 66.9 cm³/mol. The third-order valence-corrected chi connectivity index (χ3v) is 3.56. The van der Waals surface area contributed by atoms with E-state index >= 15 is 0 Å². The first-order chi connectivity index (χ1) is 8.56. The first-order valence-electron chi connectivity index (χ1n) is 6.33. The van der Waals surface area contributed by atoms with Crippen LogP contribution in [-0.4, -0.2) is 17.6 Å². The molecule has 1 aromatic rings. The second kappa shape index (κ2) is 5.38. The largest absolute Gasteiger partial charge is 0.507 e. The number of phenolic OH excluding ortho intramolecular Hbond substituents is 1. The molecule has 2 unspecified atom stereocenters. The van der Waals surface area contributed by atoms with E-state index in [0.717, 1.165) is 24.8 Å². The SMILES string of the molecule is CC1CCC(CNC(=O)c2ccc(F)cc2O)C1. The van der Waals surface area contributed by atoms with Crippen LogP contribution in [0.1, 0.15) is 36.5 Å². The molecule has 0 saturated heterocycles. The van der Waals surface area contributed by atoms with Crippen LogP contribution in [0.4, 0.5) is 4.39 Å². The molecule has 1 saturated carbocycles. The van der Waals surface area contributed by atoms with E-state index in [4.69, 9.17) is 0 Å². The van der Waals surface area contributed by atoms with Crippen LogP contribution in [-0.2, 0) is 0 Å². The minimum Gasteiger partial charge on any atom is -0.507 e. The Hall–Kier alpha value is -1.58. The summed E-state index contributed by atoms with van der Waals surface area (Å²) in [5.74, 6) is 0.0469. The fourth-order valence-electron chi connectivity index (χ4n) is 2.54. The van der Waals surface area contributed by atoms with Crippen molar-refractivity contribution in [2.75, 3.05) is 6.54 Å². The molecule has 1 aromatic carbocycles. The molecule has 0 spiro atoms. The number of aromatic hydroxyl groups is 1. The molecule has 1 aliphatic carbocycles.